The minimum Gasteiger partial charge on any atom is -0.490 e. The average Bonchev–Trinajstić information content (AvgIpc) is 3.25. The van der Waals surface area contributed by atoms with E-state index < -0.39 is 0 Å². The van der Waals surface area contributed by atoms with Gasteiger partial charge in [0.2, 0.25) is 5.95 Å². The van der Waals surface area contributed by atoms with Gasteiger partial charge >= 0.3 is 0 Å². The van der Waals surface area contributed by atoms with Crippen molar-refractivity contribution in [3.05, 3.63) is 77.8 Å². The summed E-state index contributed by atoms with van der Waals surface area (Å²) in [5.74, 6) is 1.80. The summed E-state index contributed by atoms with van der Waals surface area (Å²) < 4.78 is 13.8. The molecule has 0 bridgehead atoms. The molecule has 170 valence electrons. The molecule has 0 radical (unpaired) electrons. The van der Waals surface area contributed by atoms with E-state index in [-0.39, 0.29) is 23.2 Å². The van der Waals surface area contributed by atoms with Gasteiger partial charge in [0, 0.05) is 12.1 Å². The van der Waals surface area contributed by atoms with Gasteiger partial charge in [0.1, 0.15) is 18.7 Å². The van der Waals surface area contributed by atoms with Crippen molar-refractivity contribution in [2.45, 2.75) is 39.8 Å². The smallest absolute Gasteiger partial charge is 0.226 e. The second-order valence-electron chi connectivity index (χ2n) is 9.22. The van der Waals surface area contributed by atoms with Gasteiger partial charge in [-0.1, -0.05) is 56.3 Å². The number of Topliss-reactive ketones (excluding diaryl/α,β-unsaturated/α-hetero) is 1. The number of hydrogen-bond donors (Lipinski definition) is 1. The number of allylic oxidation sites excluding steroid dienone is 2. The third-order valence-corrected chi connectivity index (χ3v) is 6.11. The van der Waals surface area contributed by atoms with E-state index in [1.54, 1.807) is 4.68 Å². The van der Waals surface area contributed by atoms with Crippen molar-refractivity contribution in [1.29, 1.82) is 0 Å². The highest BCUT2D eigenvalue weighted by molar-refractivity contribution is 5.88. The minimum atomic E-state index is -0.349. The van der Waals surface area contributed by atoms with E-state index in [9.17, 15) is 4.79 Å². The highest BCUT2D eigenvalue weighted by atomic mass is 16.5. The molecule has 7 nitrogen and oxygen atoms in total. The number of nitrogens with one attached hydrogen (secondary N) is 1. The van der Waals surface area contributed by atoms with E-state index in [1.807, 2.05) is 55.5 Å². The lowest BCUT2D eigenvalue weighted by atomic mass is 9.72. The average molecular weight is 445 g/mol. The van der Waals surface area contributed by atoms with Gasteiger partial charge in [-0.25, -0.2) is 4.68 Å². The van der Waals surface area contributed by atoms with Gasteiger partial charge in [0.15, 0.2) is 11.5 Å². The zero-order valence-electron chi connectivity index (χ0n) is 19.1. The maximum absolute atomic E-state index is 13.3. The number of rotatable bonds is 6. The summed E-state index contributed by atoms with van der Waals surface area (Å²) in [7, 11) is 0. The van der Waals surface area contributed by atoms with Crippen LogP contribution in [0.25, 0.3) is 0 Å². The van der Waals surface area contributed by atoms with Crippen molar-refractivity contribution in [1.82, 2.24) is 14.8 Å². The molecule has 2 aromatic carbocycles. The molecule has 1 aliphatic carbocycles. The molecule has 2 aliphatic rings. The Kier molecular flexibility index (Phi) is 5.40. The first kappa shape index (κ1) is 21.2. The second-order valence-corrected chi connectivity index (χ2v) is 9.22. The van der Waals surface area contributed by atoms with Crippen molar-refractivity contribution < 1.29 is 14.3 Å². The van der Waals surface area contributed by atoms with E-state index in [0.717, 1.165) is 16.8 Å². The summed E-state index contributed by atoms with van der Waals surface area (Å²) in [5.41, 5.74) is 2.71. The van der Waals surface area contributed by atoms with Crippen molar-refractivity contribution in [3.63, 3.8) is 0 Å². The molecule has 0 saturated heterocycles. The SMILES string of the molecule is CCOc1cc(C2C3C(=O)CC(C)(C)C=C3Nc3ncnn32)ccc1OCc1ccccc1. The molecule has 3 aromatic rings. The number of benzene rings is 2. The summed E-state index contributed by atoms with van der Waals surface area (Å²) in [4.78, 5) is 17.7. The molecule has 0 saturated carbocycles. The largest absolute Gasteiger partial charge is 0.490 e. The fourth-order valence-electron chi connectivity index (χ4n) is 4.73. The normalized spacial score (nSPS) is 20.8. The molecule has 5 rings (SSSR count). The van der Waals surface area contributed by atoms with Crippen LogP contribution in [0.2, 0.25) is 0 Å². The Morgan fingerprint density at radius 2 is 1.94 bits per heavy atom. The van der Waals surface area contributed by atoms with E-state index in [2.05, 4.69) is 35.3 Å². The molecule has 1 aromatic heterocycles. The maximum Gasteiger partial charge on any atom is 0.226 e. The highest BCUT2D eigenvalue weighted by Gasteiger charge is 2.44. The van der Waals surface area contributed by atoms with Crippen LogP contribution in [0.15, 0.2) is 66.6 Å². The van der Waals surface area contributed by atoms with Crippen LogP contribution in [-0.2, 0) is 11.4 Å². The number of hydrogen-bond acceptors (Lipinski definition) is 6. The number of carbonyl (C=O) groups excluding carboxylic acids is 1. The Labute approximate surface area is 193 Å². The Morgan fingerprint density at radius 3 is 2.73 bits per heavy atom. The highest BCUT2D eigenvalue weighted by Crippen LogP contribution is 2.46. The van der Waals surface area contributed by atoms with Gasteiger partial charge in [-0.05, 0) is 35.6 Å². The number of aromatic nitrogens is 3. The Hall–Kier alpha value is -3.61. The summed E-state index contributed by atoms with van der Waals surface area (Å²) in [6, 6.07) is 15.6. The predicted octanol–water partition coefficient (Wildman–Crippen LogP) is 4.77. The van der Waals surface area contributed by atoms with Crippen LogP contribution in [0.3, 0.4) is 0 Å². The molecule has 1 N–H and O–H groups in total. The molecule has 2 unspecified atom stereocenters. The zero-order chi connectivity index (χ0) is 23.0. The predicted molar refractivity (Wildman–Crippen MR) is 125 cm³/mol. The van der Waals surface area contributed by atoms with Gasteiger partial charge < -0.3 is 14.8 Å². The van der Waals surface area contributed by atoms with Gasteiger partial charge in [0.25, 0.3) is 0 Å². The monoisotopic (exact) mass is 444 g/mol. The van der Waals surface area contributed by atoms with Crippen molar-refractivity contribution in [3.8, 4) is 11.5 Å². The first-order valence-corrected chi connectivity index (χ1v) is 11.3. The Morgan fingerprint density at radius 1 is 1.12 bits per heavy atom. The summed E-state index contributed by atoms with van der Waals surface area (Å²) in [6.45, 7) is 7.06. The third-order valence-electron chi connectivity index (χ3n) is 6.11. The summed E-state index contributed by atoms with van der Waals surface area (Å²) in [6.07, 6.45) is 4.16. The van der Waals surface area contributed by atoms with Crippen LogP contribution in [0.4, 0.5) is 5.95 Å². The zero-order valence-corrected chi connectivity index (χ0v) is 19.1. The maximum atomic E-state index is 13.3. The third kappa shape index (κ3) is 4.11. The Bertz CT molecular complexity index is 1200. The summed E-state index contributed by atoms with van der Waals surface area (Å²) in [5, 5.41) is 7.77. The first-order valence-electron chi connectivity index (χ1n) is 11.3. The van der Waals surface area contributed by atoms with Gasteiger partial charge in [-0.3, -0.25) is 4.79 Å². The summed E-state index contributed by atoms with van der Waals surface area (Å²) >= 11 is 0. The van der Waals surface area contributed by atoms with Crippen molar-refractivity contribution in [2.75, 3.05) is 11.9 Å². The van der Waals surface area contributed by atoms with Crippen molar-refractivity contribution >= 4 is 11.7 Å². The standard InChI is InChI=1S/C26H28N4O3/c1-4-32-22-12-18(10-11-21(22)33-15-17-8-6-5-7-9-17)24-23-19(13-26(2,3)14-20(23)31)29-25-27-16-28-30(24)25/h5-13,16,23-24H,4,14-15H2,1-3H3,(H,27,28,29). The van der Waals surface area contributed by atoms with E-state index >= 15 is 0 Å². The molecule has 0 fully saturated rings. The van der Waals surface area contributed by atoms with Crippen LogP contribution in [0.1, 0.15) is 44.4 Å². The van der Waals surface area contributed by atoms with Crippen LogP contribution < -0.4 is 14.8 Å². The van der Waals surface area contributed by atoms with Crippen LogP contribution in [-0.4, -0.2) is 27.2 Å². The number of fused-ring (bicyclic) bond motifs is 2. The lowest BCUT2D eigenvalue weighted by Crippen LogP contribution is -2.42. The van der Waals surface area contributed by atoms with E-state index in [1.165, 1.54) is 6.33 Å². The quantitative estimate of drug-likeness (QED) is 0.590. The van der Waals surface area contributed by atoms with Gasteiger partial charge in [-0.2, -0.15) is 10.1 Å². The molecule has 0 spiro atoms. The first-order chi connectivity index (χ1) is 15.9. The molecule has 1 aliphatic heterocycles. The van der Waals surface area contributed by atoms with Crippen molar-refractivity contribution in [2.24, 2.45) is 11.3 Å². The van der Waals surface area contributed by atoms with Crippen LogP contribution >= 0.6 is 0 Å². The lowest BCUT2D eigenvalue weighted by molar-refractivity contribution is -0.125. The lowest BCUT2D eigenvalue weighted by Gasteiger charge is -2.40. The van der Waals surface area contributed by atoms with Crippen LogP contribution in [0.5, 0.6) is 11.5 Å². The molecule has 7 heteroatoms. The molecule has 2 heterocycles. The fraction of sp³-hybridized carbons (Fsp3) is 0.346. The van der Waals surface area contributed by atoms with E-state index in [4.69, 9.17) is 9.47 Å². The molecule has 2 atom stereocenters. The Balaban J connectivity index is 1.52. The minimum absolute atomic E-state index is 0.193. The van der Waals surface area contributed by atoms with Gasteiger partial charge in [0.05, 0.1) is 18.6 Å². The molecule has 0 amide bonds. The van der Waals surface area contributed by atoms with Crippen LogP contribution in [0, 0.1) is 11.3 Å². The molecular weight excluding hydrogens is 416 g/mol. The molecule has 33 heavy (non-hydrogen) atoms. The number of ketones is 1. The fourth-order valence-corrected chi connectivity index (χ4v) is 4.73. The number of ether oxygens (including phenoxy) is 2. The number of nitrogens with zero attached hydrogens (tertiary/aromatic N) is 3. The topological polar surface area (TPSA) is 78.3 Å². The number of anilines is 1. The van der Waals surface area contributed by atoms with E-state index in [0.29, 0.717) is 37.1 Å². The molecular formula is C26H28N4O3. The second kappa shape index (κ2) is 8.39. The van der Waals surface area contributed by atoms with Gasteiger partial charge in [-0.15, -0.1) is 0 Å². The number of carbonyl (C=O) groups is 1.